The zero-order valence-electron chi connectivity index (χ0n) is 23.5. The Bertz CT molecular complexity index is 1460. The Morgan fingerprint density at radius 2 is 1.75 bits per heavy atom. The quantitative estimate of drug-likeness (QED) is 0.126. The Morgan fingerprint density at radius 1 is 1.07 bits per heavy atom. The van der Waals surface area contributed by atoms with E-state index in [1.165, 1.54) is 12.1 Å². The van der Waals surface area contributed by atoms with Crippen LogP contribution in [0.3, 0.4) is 0 Å². The molecule has 1 spiro atoms. The highest BCUT2D eigenvalue weighted by Crippen LogP contribution is 2.65. The topological polar surface area (TPSA) is 247 Å². The molecule has 1 saturated heterocycles. The number of esters is 3. The fraction of sp³-hybridized carbons (Fsp3) is 0.536. The van der Waals surface area contributed by atoms with Crippen molar-refractivity contribution in [2.24, 2.45) is 0 Å². The zero-order valence-corrected chi connectivity index (χ0v) is 23.5. The van der Waals surface area contributed by atoms with Crippen LogP contribution in [0.25, 0.3) is 0 Å². The summed E-state index contributed by atoms with van der Waals surface area (Å²) in [5, 5.41) is 61.2. The molecule has 0 radical (unpaired) electrons. The normalized spacial score (nSPS) is 29.1. The number of carbonyl (C=O) groups excluding carboxylic acids is 3. The maximum atomic E-state index is 12.9. The van der Waals surface area contributed by atoms with Crippen LogP contribution in [-0.2, 0) is 50.0 Å². The van der Waals surface area contributed by atoms with E-state index in [0.717, 1.165) is 12.5 Å². The smallest absolute Gasteiger partial charge is 0.348 e. The third kappa shape index (κ3) is 4.74. The number of aliphatic hydroxyl groups is 3. The lowest BCUT2D eigenvalue weighted by Crippen LogP contribution is -2.74. The van der Waals surface area contributed by atoms with Gasteiger partial charge in [-0.2, -0.15) is 0 Å². The summed E-state index contributed by atoms with van der Waals surface area (Å²) in [5.41, 5.74) is -0.987. The van der Waals surface area contributed by atoms with Crippen molar-refractivity contribution < 1.29 is 73.6 Å². The first kappa shape index (κ1) is 31.2. The fourth-order valence-corrected chi connectivity index (χ4v) is 6.74. The van der Waals surface area contributed by atoms with Crippen molar-refractivity contribution in [1.82, 2.24) is 4.90 Å². The number of carboxylic acid groups (broad SMARTS) is 2. The first-order chi connectivity index (χ1) is 20.6. The third-order valence-electron chi connectivity index (χ3n) is 8.87. The Kier molecular flexibility index (Phi) is 7.82. The molecule has 2 bridgehead atoms. The number of rotatable bonds is 10. The number of benzene rings is 1. The van der Waals surface area contributed by atoms with Crippen LogP contribution in [0.2, 0.25) is 0 Å². The average Bonchev–Trinajstić information content (AvgIpc) is 3.32. The Balaban J connectivity index is 1.29. The number of likely N-dealkylation sites (tertiary alicyclic amines) is 1. The van der Waals surface area contributed by atoms with E-state index < -0.39 is 77.8 Å². The summed E-state index contributed by atoms with van der Waals surface area (Å²) in [5.74, 6) is -8.09. The Hall–Kier alpha value is -4.25. The number of aliphatic hydroxyl groups excluding tert-OH is 2. The Morgan fingerprint density at radius 3 is 2.41 bits per heavy atom. The van der Waals surface area contributed by atoms with Crippen molar-refractivity contribution in [2.75, 3.05) is 13.6 Å². The van der Waals surface area contributed by atoms with E-state index in [1.54, 1.807) is 6.07 Å². The van der Waals surface area contributed by atoms with Crippen LogP contribution in [0.4, 0.5) is 0 Å². The van der Waals surface area contributed by atoms with Gasteiger partial charge in [0.05, 0.1) is 17.4 Å². The van der Waals surface area contributed by atoms with Gasteiger partial charge in [0.15, 0.2) is 35.9 Å². The van der Waals surface area contributed by atoms with E-state index in [4.69, 9.17) is 19.7 Å². The number of hydrogen-bond donors (Lipinski definition) is 6. The first-order valence-electron chi connectivity index (χ1n) is 13.7. The molecule has 1 fully saturated rings. The molecule has 6 N–H and O–H groups in total. The van der Waals surface area contributed by atoms with Crippen LogP contribution in [0, 0.1) is 0 Å². The molecule has 0 unspecified atom stereocenters. The van der Waals surface area contributed by atoms with Crippen molar-refractivity contribution in [3.63, 3.8) is 0 Å². The van der Waals surface area contributed by atoms with Gasteiger partial charge < -0.3 is 54.5 Å². The number of hydrogen-bond acceptors (Lipinski definition) is 14. The lowest BCUT2D eigenvalue weighted by atomic mass is 9.50. The molecule has 2 aliphatic heterocycles. The second-order valence-electron chi connectivity index (χ2n) is 11.4. The first-order valence-corrected chi connectivity index (χ1v) is 13.7. The van der Waals surface area contributed by atoms with Crippen molar-refractivity contribution >= 4 is 29.8 Å². The van der Waals surface area contributed by atoms with Crippen LogP contribution in [0.15, 0.2) is 24.0 Å². The molecule has 0 amide bonds. The molecule has 16 nitrogen and oxygen atoms in total. The van der Waals surface area contributed by atoms with Crippen molar-refractivity contribution in [3.05, 3.63) is 35.1 Å². The molecule has 0 aromatic heterocycles. The number of nitrogens with zero attached hydrogens (tertiary/aromatic N) is 1. The number of carbonyl (C=O) groups is 5. The second kappa shape index (κ2) is 11.0. The summed E-state index contributed by atoms with van der Waals surface area (Å²) in [6, 6.07) is 2.92. The van der Waals surface area contributed by atoms with Gasteiger partial charge in [0, 0.05) is 18.0 Å². The molecule has 238 valence electrons. The summed E-state index contributed by atoms with van der Waals surface area (Å²) in [6.45, 7) is 1.49. The average molecular weight is 622 g/mol. The van der Waals surface area contributed by atoms with Gasteiger partial charge in [0.25, 0.3) is 0 Å². The summed E-state index contributed by atoms with van der Waals surface area (Å²) in [4.78, 5) is 61.4. The summed E-state index contributed by atoms with van der Waals surface area (Å²) >= 11 is 0. The van der Waals surface area contributed by atoms with E-state index >= 15 is 0 Å². The van der Waals surface area contributed by atoms with Gasteiger partial charge in [-0.3, -0.25) is 4.79 Å². The van der Waals surface area contributed by atoms with Crippen LogP contribution in [0.1, 0.15) is 37.3 Å². The second-order valence-corrected chi connectivity index (χ2v) is 11.4. The SMILES string of the molecule is C[C@H](OC(=O)[C@H](O)[C@@H](O)C(=O)OC1=CC[C@@]2(O)[C@@H]3Cc4ccc(O)c5c4[C@@]2(CCN3C)[C@H]1O5)C(=O)O[C@@H](CC(=O)O)C(=O)O. The number of ether oxygens (including phenoxy) is 4. The highest BCUT2D eigenvalue weighted by molar-refractivity contribution is 5.88. The number of aromatic hydroxyl groups is 1. The predicted octanol–water partition coefficient (Wildman–Crippen LogP) is -1.66. The van der Waals surface area contributed by atoms with Crippen molar-refractivity contribution in [1.29, 1.82) is 0 Å². The van der Waals surface area contributed by atoms with Crippen LogP contribution < -0.4 is 4.74 Å². The molecular weight excluding hydrogens is 590 g/mol. The molecule has 8 atom stereocenters. The molecule has 16 heteroatoms. The van der Waals surface area contributed by atoms with Crippen LogP contribution in [0.5, 0.6) is 11.5 Å². The predicted molar refractivity (Wildman–Crippen MR) is 140 cm³/mol. The molecule has 2 aliphatic carbocycles. The molecule has 2 heterocycles. The zero-order chi connectivity index (χ0) is 32.3. The molecule has 5 rings (SSSR count). The molecule has 0 saturated carbocycles. The monoisotopic (exact) mass is 621 g/mol. The molecule has 1 aromatic carbocycles. The number of phenolic OH excluding ortho intramolecular Hbond substituents is 1. The molecule has 4 aliphatic rings. The van der Waals surface area contributed by atoms with Crippen molar-refractivity contribution in [3.8, 4) is 11.5 Å². The maximum Gasteiger partial charge on any atom is 0.348 e. The van der Waals surface area contributed by atoms with E-state index in [0.29, 0.717) is 24.9 Å². The Labute approximate surface area is 249 Å². The van der Waals surface area contributed by atoms with Crippen molar-refractivity contribution in [2.45, 2.75) is 80.2 Å². The number of likely N-dealkylation sites (N-methyl/N-ethyl adjacent to an activating group) is 1. The number of aliphatic carboxylic acids is 2. The van der Waals surface area contributed by atoms with Gasteiger partial charge in [-0.05, 0) is 51.1 Å². The highest BCUT2D eigenvalue weighted by Gasteiger charge is 2.72. The van der Waals surface area contributed by atoms with Gasteiger partial charge in [-0.25, -0.2) is 19.2 Å². The molecular formula is C28H31NO15. The largest absolute Gasteiger partial charge is 0.504 e. The minimum absolute atomic E-state index is 0.0263. The van der Waals surface area contributed by atoms with Gasteiger partial charge in [0.1, 0.15) is 5.76 Å². The van der Waals surface area contributed by atoms with Gasteiger partial charge in [0.2, 0.25) is 6.10 Å². The van der Waals surface area contributed by atoms with Crippen LogP contribution >= 0.6 is 0 Å². The fourth-order valence-electron chi connectivity index (χ4n) is 6.74. The molecule has 44 heavy (non-hydrogen) atoms. The van der Waals surface area contributed by atoms with E-state index in [1.807, 2.05) is 11.9 Å². The standard InChI is InChI=1S/C28H31NO15/c1-11(24(37)43-15(23(35)36)10-17(31)32)41-25(38)19(33)20(34)26(39)42-14-5-6-28(40)16-9-12-3-4-13(30)21-18(12)27(28,22(14)44-21)7-8-29(16)2/h3-5,11,15-16,19-20,22,30,33-34,40H,6-10H2,1-2H3,(H,31,32)(H,35,36)/t11-,15-,16-,19+,20+,22-,27-,28+/m0/s1. The summed E-state index contributed by atoms with van der Waals surface area (Å²) < 4.78 is 20.7. The molecule has 1 aromatic rings. The van der Waals surface area contributed by atoms with Crippen LogP contribution in [-0.4, -0.2) is 121 Å². The minimum Gasteiger partial charge on any atom is -0.504 e. The van der Waals surface area contributed by atoms with Gasteiger partial charge in [-0.1, -0.05) is 6.07 Å². The van der Waals surface area contributed by atoms with Gasteiger partial charge in [-0.15, -0.1) is 0 Å². The van der Waals surface area contributed by atoms with E-state index in [-0.39, 0.29) is 29.7 Å². The summed E-state index contributed by atoms with van der Waals surface area (Å²) in [7, 11) is 1.89. The highest BCUT2D eigenvalue weighted by atomic mass is 16.6. The number of carboxylic acids is 2. The number of piperidine rings is 1. The minimum atomic E-state index is -2.56. The van der Waals surface area contributed by atoms with E-state index in [2.05, 4.69) is 9.47 Å². The third-order valence-corrected chi connectivity index (χ3v) is 8.87. The van der Waals surface area contributed by atoms with E-state index in [9.17, 15) is 44.4 Å². The lowest BCUT2D eigenvalue weighted by Gasteiger charge is -2.61. The van der Waals surface area contributed by atoms with Gasteiger partial charge >= 0.3 is 29.8 Å². The maximum absolute atomic E-state index is 12.9. The summed E-state index contributed by atoms with van der Waals surface area (Å²) in [6.07, 6.45) is -8.88. The number of phenols is 1. The lowest BCUT2D eigenvalue weighted by molar-refractivity contribution is -0.186.